The molecule has 26 heavy (non-hydrogen) atoms. The molecule has 2 aromatic rings. The molecule has 6 heteroatoms. The van der Waals surface area contributed by atoms with E-state index in [0.29, 0.717) is 23.7 Å². The van der Waals surface area contributed by atoms with Crippen LogP contribution in [-0.2, 0) is 6.54 Å². The van der Waals surface area contributed by atoms with Crippen LogP contribution in [0.2, 0.25) is 0 Å². The molecule has 0 aliphatic carbocycles. The third-order valence-corrected chi connectivity index (χ3v) is 4.94. The number of para-hydroxylation sites is 1. The first-order valence-corrected chi connectivity index (χ1v) is 8.98. The van der Waals surface area contributed by atoms with Crippen LogP contribution in [0.3, 0.4) is 0 Å². The highest BCUT2D eigenvalue weighted by Gasteiger charge is 2.20. The second-order valence-electron chi connectivity index (χ2n) is 6.97. The zero-order valence-electron chi connectivity index (χ0n) is 15.2. The Bertz CT molecular complexity index is 847. The van der Waals surface area contributed by atoms with Crippen molar-refractivity contribution in [1.82, 2.24) is 9.88 Å². The molecule has 0 saturated carbocycles. The Hall–Kier alpha value is -2.60. The number of aryl methyl sites for hydroxylation is 2. The minimum absolute atomic E-state index is 0.0134. The third kappa shape index (κ3) is 3.80. The van der Waals surface area contributed by atoms with Crippen molar-refractivity contribution >= 4 is 11.6 Å². The summed E-state index contributed by atoms with van der Waals surface area (Å²) in [6.07, 6.45) is 3.94. The first-order valence-electron chi connectivity index (χ1n) is 8.98. The van der Waals surface area contributed by atoms with E-state index < -0.39 is 5.91 Å². The Morgan fingerprint density at radius 3 is 2.81 bits per heavy atom. The number of hydrogen-bond donors (Lipinski definition) is 3. The summed E-state index contributed by atoms with van der Waals surface area (Å²) in [6.45, 7) is 6.05. The first kappa shape index (κ1) is 18.2. The van der Waals surface area contributed by atoms with Gasteiger partial charge in [0.25, 0.3) is 11.5 Å². The molecule has 3 rings (SSSR count). The van der Waals surface area contributed by atoms with E-state index in [1.165, 1.54) is 6.07 Å². The molecule has 6 nitrogen and oxygen atoms in total. The number of pyridine rings is 1. The van der Waals surface area contributed by atoms with Crippen molar-refractivity contribution < 1.29 is 9.90 Å². The third-order valence-electron chi connectivity index (χ3n) is 4.94. The van der Waals surface area contributed by atoms with Crippen LogP contribution in [0.25, 0.3) is 0 Å². The van der Waals surface area contributed by atoms with Crippen LogP contribution in [0.1, 0.15) is 34.3 Å². The van der Waals surface area contributed by atoms with E-state index in [1.807, 2.05) is 0 Å². The fraction of sp³-hybridized carbons (Fsp3) is 0.400. The molecule has 1 aromatic heterocycles. The minimum Gasteiger partial charge on any atom is -0.506 e. The number of carbonyl (C=O) groups is 1. The largest absolute Gasteiger partial charge is 0.506 e. The SMILES string of the molecule is Cc1cccc(O)c1NC(=O)c1c(C)ccn(CC2CCCNC2)c1=O. The molecule has 1 aliphatic heterocycles. The molecule has 1 saturated heterocycles. The topological polar surface area (TPSA) is 83.4 Å². The van der Waals surface area contributed by atoms with Crippen LogP contribution >= 0.6 is 0 Å². The van der Waals surface area contributed by atoms with Gasteiger partial charge in [-0.1, -0.05) is 12.1 Å². The lowest BCUT2D eigenvalue weighted by Crippen LogP contribution is -2.36. The van der Waals surface area contributed by atoms with Gasteiger partial charge in [0.2, 0.25) is 0 Å². The molecule has 138 valence electrons. The van der Waals surface area contributed by atoms with Gasteiger partial charge in [0.05, 0.1) is 5.69 Å². The maximum absolute atomic E-state index is 12.9. The second-order valence-corrected chi connectivity index (χ2v) is 6.97. The van der Waals surface area contributed by atoms with Gasteiger partial charge in [0, 0.05) is 12.7 Å². The Balaban J connectivity index is 1.88. The highest BCUT2D eigenvalue weighted by atomic mass is 16.3. The van der Waals surface area contributed by atoms with Crippen LogP contribution in [0.15, 0.2) is 35.3 Å². The Kier molecular flexibility index (Phi) is 5.42. The number of piperidine rings is 1. The van der Waals surface area contributed by atoms with Gasteiger partial charge in [-0.25, -0.2) is 0 Å². The molecule has 3 N–H and O–H groups in total. The molecule has 1 aliphatic rings. The van der Waals surface area contributed by atoms with E-state index >= 15 is 0 Å². The number of phenols is 1. The molecule has 1 aromatic carbocycles. The normalized spacial score (nSPS) is 17.1. The van der Waals surface area contributed by atoms with Gasteiger partial charge in [0.15, 0.2) is 0 Å². The van der Waals surface area contributed by atoms with Crippen LogP contribution in [0.5, 0.6) is 5.75 Å². The zero-order valence-corrected chi connectivity index (χ0v) is 15.2. The Labute approximate surface area is 152 Å². The number of aromatic nitrogens is 1. The molecular formula is C20H25N3O3. The van der Waals surface area contributed by atoms with Crippen molar-refractivity contribution in [2.75, 3.05) is 18.4 Å². The summed E-state index contributed by atoms with van der Waals surface area (Å²) in [7, 11) is 0. The van der Waals surface area contributed by atoms with Crippen molar-refractivity contribution in [3.63, 3.8) is 0 Å². The Morgan fingerprint density at radius 2 is 2.12 bits per heavy atom. The first-order chi connectivity index (χ1) is 12.5. The maximum Gasteiger partial charge on any atom is 0.263 e. The lowest BCUT2D eigenvalue weighted by Gasteiger charge is -2.23. The lowest BCUT2D eigenvalue weighted by atomic mass is 9.99. The number of hydrogen-bond acceptors (Lipinski definition) is 4. The average molecular weight is 355 g/mol. The quantitative estimate of drug-likeness (QED) is 0.736. The summed E-state index contributed by atoms with van der Waals surface area (Å²) in [4.78, 5) is 25.6. The van der Waals surface area contributed by atoms with E-state index in [-0.39, 0.29) is 16.9 Å². The van der Waals surface area contributed by atoms with Gasteiger partial charge in [-0.3, -0.25) is 9.59 Å². The van der Waals surface area contributed by atoms with Gasteiger partial charge < -0.3 is 20.3 Å². The second kappa shape index (κ2) is 7.74. The van der Waals surface area contributed by atoms with Gasteiger partial charge in [-0.2, -0.15) is 0 Å². The summed E-state index contributed by atoms with van der Waals surface area (Å²) in [5.74, 6) is -0.116. The lowest BCUT2D eigenvalue weighted by molar-refractivity contribution is 0.102. The molecule has 0 spiro atoms. The number of anilines is 1. The minimum atomic E-state index is -0.492. The molecule has 1 fully saturated rings. The van der Waals surface area contributed by atoms with E-state index in [1.54, 1.807) is 42.8 Å². The molecule has 0 bridgehead atoms. The highest BCUT2D eigenvalue weighted by Crippen LogP contribution is 2.27. The highest BCUT2D eigenvalue weighted by molar-refractivity contribution is 6.06. The van der Waals surface area contributed by atoms with E-state index in [9.17, 15) is 14.7 Å². The number of benzene rings is 1. The molecule has 1 amide bonds. The number of carbonyl (C=O) groups excluding carboxylic acids is 1. The predicted octanol–water partition coefficient (Wildman–Crippen LogP) is 2.42. The van der Waals surface area contributed by atoms with Crippen molar-refractivity contribution in [3.05, 3.63) is 57.5 Å². The number of nitrogens with zero attached hydrogens (tertiary/aromatic N) is 1. The summed E-state index contributed by atoms with van der Waals surface area (Å²) in [5, 5.41) is 16.0. The summed E-state index contributed by atoms with van der Waals surface area (Å²) >= 11 is 0. The summed E-state index contributed by atoms with van der Waals surface area (Å²) < 4.78 is 1.62. The van der Waals surface area contributed by atoms with Crippen molar-refractivity contribution in [1.29, 1.82) is 0 Å². The molecular weight excluding hydrogens is 330 g/mol. The number of nitrogens with one attached hydrogen (secondary N) is 2. The van der Waals surface area contributed by atoms with Gasteiger partial charge in [-0.05, 0) is 69.0 Å². The van der Waals surface area contributed by atoms with E-state index in [0.717, 1.165) is 31.5 Å². The van der Waals surface area contributed by atoms with Crippen molar-refractivity contribution in [2.24, 2.45) is 5.92 Å². The molecule has 0 radical (unpaired) electrons. The number of phenolic OH excluding ortho intramolecular Hbond substituents is 1. The standard InChI is InChI=1S/C20H25N3O3/c1-13-8-10-23(12-15-6-4-9-21-11-15)20(26)17(13)19(25)22-18-14(2)5-3-7-16(18)24/h3,5,7-8,10,15,21,24H,4,6,9,11-12H2,1-2H3,(H,22,25). The fourth-order valence-electron chi connectivity index (χ4n) is 3.43. The smallest absolute Gasteiger partial charge is 0.263 e. The fourth-order valence-corrected chi connectivity index (χ4v) is 3.43. The Morgan fingerprint density at radius 1 is 1.31 bits per heavy atom. The number of amides is 1. The van der Waals surface area contributed by atoms with Gasteiger partial charge >= 0.3 is 0 Å². The van der Waals surface area contributed by atoms with Crippen LogP contribution < -0.4 is 16.2 Å². The maximum atomic E-state index is 12.9. The van der Waals surface area contributed by atoms with Crippen LogP contribution in [-0.4, -0.2) is 28.7 Å². The van der Waals surface area contributed by atoms with E-state index in [2.05, 4.69) is 10.6 Å². The summed E-state index contributed by atoms with van der Waals surface area (Å²) in [6, 6.07) is 6.81. The molecule has 1 atom stereocenters. The van der Waals surface area contributed by atoms with Gasteiger partial charge in [0.1, 0.15) is 11.3 Å². The molecule has 1 unspecified atom stereocenters. The van der Waals surface area contributed by atoms with E-state index in [4.69, 9.17) is 0 Å². The van der Waals surface area contributed by atoms with Crippen LogP contribution in [0.4, 0.5) is 5.69 Å². The van der Waals surface area contributed by atoms with Gasteiger partial charge in [-0.15, -0.1) is 0 Å². The zero-order chi connectivity index (χ0) is 18.7. The monoisotopic (exact) mass is 355 g/mol. The van der Waals surface area contributed by atoms with Crippen LogP contribution in [0, 0.1) is 19.8 Å². The van der Waals surface area contributed by atoms with Crippen molar-refractivity contribution in [3.8, 4) is 5.75 Å². The predicted molar refractivity (Wildman–Crippen MR) is 102 cm³/mol. The summed E-state index contributed by atoms with van der Waals surface area (Å²) in [5.41, 5.74) is 1.53. The average Bonchev–Trinajstić information content (AvgIpc) is 2.62. The van der Waals surface area contributed by atoms with Crippen molar-refractivity contribution in [2.45, 2.75) is 33.2 Å². The number of aromatic hydroxyl groups is 1. The molecule has 2 heterocycles. The number of rotatable bonds is 4.